The molecule has 5 nitrogen and oxygen atoms in total. The average molecular weight is 337 g/mol. The van der Waals surface area contributed by atoms with Gasteiger partial charge in [-0.05, 0) is 42.5 Å². The van der Waals surface area contributed by atoms with Crippen LogP contribution in [-0.4, -0.2) is 25.2 Å². The first-order valence-electron chi connectivity index (χ1n) is 7.67. The van der Waals surface area contributed by atoms with Crippen molar-refractivity contribution in [2.24, 2.45) is 15.2 Å². The van der Waals surface area contributed by atoms with Crippen LogP contribution in [0.25, 0.3) is 0 Å². The summed E-state index contributed by atoms with van der Waals surface area (Å²) in [6.07, 6.45) is 2.63. The Bertz CT molecular complexity index is 747. The fourth-order valence-corrected chi connectivity index (χ4v) is 3.94. The zero-order valence-electron chi connectivity index (χ0n) is 14.0. The Kier molecular flexibility index (Phi) is 4.41. The SMILES string of the molecule is CCC(C)(C)CC1(C)CC1=NS(=O)(=O)c1ccc(C(=O)O)cc1. The van der Waals surface area contributed by atoms with Crippen molar-refractivity contribution in [3.63, 3.8) is 0 Å². The van der Waals surface area contributed by atoms with Gasteiger partial charge in [0.05, 0.1) is 10.5 Å². The molecule has 1 atom stereocenters. The van der Waals surface area contributed by atoms with Gasteiger partial charge in [-0.3, -0.25) is 0 Å². The lowest BCUT2D eigenvalue weighted by Gasteiger charge is -2.25. The third kappa shape index (κ3) is 3.99. The molecule has 0 amide bonds. The lowest BCUT2D eigenvalue weighted by molar-refractivity contribution is 0.0696. The summed E-state index contributed by atoms with van der Waals surface area (Å²) in [5, 5.41) is 8.86. The molecule has 1 aromatic carbocycles. The van der Waals surface area contributed by atoms with Crippen LogP contribution in [0.3, 0.4) is 0 Å². The van der Waals surface area contributed by atoms with Gasteiger partial charge in [-0.15, -0.1) is 0 Å². The minimum atomic E-state index is -3.78. The van der Waals surface area contributed by atoms with Gasteiger partial charge in [-0.2, -0.15) is 12.8 Å². The normalized spacial score (nSPS) is 23.0. The number of hydrogen-bond donors (Lipinski definition) is 1. The fourth-order valence-electron chi connectivity index (χ4n) is 2.78. The lowest BCUT2D eigenvalue weighted by Crippen LogP contribution is -2.16. The van der Waals surface area contributed by atoms with Gasteiger partial charge >= 0.3 is 5.97 Å². The molecule has 0 saturated heterocycles. The van der Waals surface area contributed by atoms with Gasteiger partial charge in [0, 0.05) is 11.1 Å². The number of carboxylic acids is 1. The second-order valence-corrected chi connectivity index (χ2v) is 8.88. The van der Waals surface area contributed by atoms with Gasteiger partial charge in [-0.25, -0.2) is 4.79 Å². The van der Waals surface area contributed by atoms with Crippen molar-refractivity contribution in [1.29, 1.82) is 0 Å². The minimum Gasteiger partial charge on any atom is -0.478 e. The highest BCUT2D eigenvalue weighted by molar-refractivity contribution is 7.90. The van der Waals surface area contributed by atoms with Crippen molar-refractivity contribution >= 4 is 21.7 Å². The average Bonchev–Trinajstić information content (AvgIpc) is 3.06. The number of benzene rings is 1. The lowest BCUT2D eigenvalue weighted by atomic mass is 9.80. The number of aromatic carboxylic acids is 1. The van der Waals surface area contributed by atoms with Crippen molar-refractivity contribution in [1.82, 2.24) is 0 Å². The predicted molar refractivity (Wildman–Crippen MR) is 89.4 cm³/mol. The van der Waals surface area contributed by atoms with Gasteiger partial charge in [0.25, 0.3) is 10.0 Å². The summed E-state index contributed by atoms with van der Waals surface area (Å²) in [7, 11) is -3.78. The number of rotatable bonds is 6. The summed E-state index contributed by atoms with van der Waals surface area (Å²) in [5.74, 6) is -1.09. The minimum absolute atomic E-state index is 0.0269. The highest BCUT2D eigenvalue weighted by Crippen LogP contribution is 2.51. The van der Waals surface area contributed by atoms with Gasteiger partial charge in [0.2, 0.25) is 0 Å². The van der Waals surface area contributed by atoms with Crippen LogP contribution in [0.1, 0.15) is 57.3 Å². The van der Waals surface area contributed by atoms with E-state index in [1.54, 1.807) is 0 Å². The number of sulfonamides is 1. The quantitative estimate of drug-likeness (QED) is 0.857. The highest BCUT2D eigenvalue weighted by Gasteiger charge is 2.49. The van der Waals surface area contributed by atoms with Crippen LogP contribution in [-0.2, 0) is 10.0 Å². The molecule has 1 unspecified atom stereocenters. The van der Waals surface area contributed by atoms with Crippen LogP contribution in [0.5, 0.6) is 0 Å². The summed E-state index contributed by atoms with van der Waals surface area (Å²) in [6, 6.07) is 5.14. The van der Waals surface area contributed by atoms with Crippen molar-refractivity contribution in [3.8, 4) is 0 Å². The Hall–Kier alpha value is -1.69. The molecule has 1 N–H and O–H groups in total. The van der Waals surface area contributed by atoms with E-state index >= 15 is 0 Å². The number of carbonyl (C=O) groups is 1. The Morgan fingerprint density at radius 1 is 1.30 bits per heavy atom. The van der Waals surface area contributed by atoms with Crippen LogP contribution in [0.2, 0.25) is 0 Å². The van der Waals surface area contributed by atoms with E-state index in [2.05, 4.69) is 25.2 Å². The van der Waals surface area contributed by atoms with Crippen molar-refractivity contribution in [2.75, 3.05) is 0 Å². The maximum absolute atomic E-state index is 12.4. The molecule has 2 rings (SSSR count). The second-order valence-electron chi connectivity index (χ2n) is 7.27. The van der Waals surface area contributed by atoms with Crippen LogP contribution in [0.15, 0.2) is 33.6 Å². The Morgan fingerprint density at radius 3 is 2.35 bits per heavy atom. The summed E-state index contributed by atoms with van der Waals surface area (Å²) in [6.45, 7) is 8.52. The number of nitrogens with zero attached hydrogens (tertiary/aromatic N) is 1. The molecule has 0 heterocycles. The number of hydrogen-bond acceptors (Lipinski definition) is 3. The van der Waals surface area contributed by atoms with Crippen LogP contribution < -0.4 is 0 Å². The predicted octanol–water partition coefficient (Wildman–Crippen LogP) is 3.75. The van der Waals surface area contributed by atoms with Crippen molar-refractivity contribution < 1.29 is 18.3 Å². The maximum atomic E-state index is 12.4. The molecule has 0 radical (unpaired) electrons. The van der Waals surface area contributed by atoms with Gasteiger partial charge in [0.1, 0.15) is 0 Å². The van der Waals surface area contributed by atoms with Crippen molar-refractivity contribution in [2.45, 2.75) is 51.9 Å². The van der Waals surface area contributed by atoms with E-state index in [4.69, 9.17) is 5.11 Å². The molecule has 1 aliphatic rings. The topological polar surface area (TPSA) is 83.8 Å². The molecule has 6 heteroatoms. The van der Waals surface area contributed by atoms with E-state index in [1.165, 1.54) is 24.3 Å². The van der Waals surface area contributed by atoms with Crippen LogP contribution in [0, 0.1) is 10.8 Å². The molecular formula is C17H23NO4S. The van der Waals surface area contributed by atoms with Crippen LogP contribution >= 0.6 is 0 Å². The molecule has 1 saturated carbocycles. The second kappa shape index (κ2) is 5.74. The van der Waals surface area contributed by atoms with E-state index in [0.717, 1.165) is 12.8 Å². The molecule has 1 fully saturated rings. The molecular weight excluding hydrogens is 314 g/mol. The van der Waals surface area contributed by atoms with Gasteiger partial charge < -0.3 is 5.11 Å². The molecule has 1 aromatic rings. The standard InChI is InChI=1S/C17H23NO4S/c1-5-16(2,3)11-17(4)10-14(17)18-23(21,22)13-8-6-12(7-9-13)15(19)20/h6-9H,5,10-11H2,1-4H3,(H,19,20). The first kappa shape index (κ1) is 17.7. The molecule has 23 heavy (non-hydrogen) atoms. The Morgan fingerprint density at radius 2 is 1.87 bits per heavy atom. The summed E-state index contributed by atoms with van der Waals surface area (Å²) in [5.41, 5.74) is 0.769. The van der Waals surface area contributed by atoms with Crippen molar-refractivity contribution in [3.05, 3.63) is 29.8 Å². The smallest absolute Gasteiger partial charge is 0.335 e. The summed E-state index contributed by atoms with van der Waals surface area (Å²) >= 11 is 0. The van der Waals surface area contributed by atoms with E-state index in [0.29, 0.717) is 12.1 Å². The first-order valence-corrected chi connectivity index (χ1v) is 9.11. The third-order valence-electron chi connectivity index (χ3n) is 4.58. The molecule has 0 spiro atoms. The van der Waals surface area contributed by atoms with Crippen LogP contribution in [0.4, 0.5) is 0 Å². The van der Waals surface area contributed by atoms with Gasteiger partial charge in [-0.1, -0.05) is 34.1 Å². The summed E-state index contributed by atoms with van der Waals surface area (Å²) < 4.78 is 28.7. The molecule has 0 bridgehead atoms. The monoisotopic (exact) mass is 337 g/mol. The first-order chi connectivity index (χ1) is 10.5. The highest BCUT2D eigenvalue weighted by atomic mass is 32.2. The van der Waals surface area contributed by atoms with E-state index < -0.39 is 16.0 Å². The van der Waals surface area contributed by atoms with E-state index in [-0.39, 0.29) is 21.3 Å². The fraction of sp³-hybridized carbons (Fsp3) is 0.529. The third-order valence-corrected chi connectivity index (χ3v) is 5.91. The molecule has 126 valence electrons. The van der Waals surface area contributed by atoms with Gasteiger partial charge in [0.15, 0.2) is 0 Å². The zero-order valence-corrected chi connectivity index (χ0v) is 14.8. The van der Waals surface area contributed by atoms with E-state index in [1.807, 2.05) is 6.92 Å². The Labute approximate surface area is 137 Å². The Balaban J connectivity index is 2.21. The van der Waals surface area contributed by atoms with E-state index in [9.17, 15) is 13.2 Å². The summed E-state index contributed by atoms with van der Waals surface area (Å²) in [4.78, 5) is 10.8. The zero-order chi connectivity index (χ0) is 17.5. The molecule has 0 aliphatic heterocycles. The molecule has 1 aliphatic carbocycles. The largest absolute Gasteiger partial charge is 0.478 e. The number of carboxylic acid groups (broad SMARTS) is 1. The maximum Gasteiger partial charge on any atom is 0.335 e. The molecule has 0 aromatic heterocycles.